The molecule has 1 heterocycles. The number of carbonyl (C=O) groups is 2. The van der Waals surface area contributed by atoms with E-state index in [4.69, 9.17) is 0 Å². The summed E-state index contributed by atoms with van der Waals surface area (Å²) in [6, 6.07) is 5.88. The lowest BCUT2D eigenvalue weighted by molar-refractivity contribution is -0.120. The first-order valence-corrected chi connectivity index (χ1v) is 6.22. The molecule has 0 aromatic heterocycles. The van der Waals surface area contributed by atoms with Crippen LogP contribution < -0.4 is 0 Å². The van der Waals surface area contributed by atoms with Crippen LogP contribution in [0.2, 0.25) is 0 Å². The summed E-state index contributed by atoms with van der Waals surface area (Å²) in [5, 5.41) is 0. The highest BCUT2D eigenvalue weighted by molar-refractivity contribution is 9.10. The fraction of sp³-hybridized carbons (Fsp3) is 0.333. The molecule has 1 aromatic rings. The summed E-state index contributed by atoms with van der Waals surface area (Å²) in [6.07, 6.45) is 0.316. The quantitative estimate of drug-likeness (QED) is 0.744. The third-order valence-electron chi connectivity index (χ3n) is 2.75. The second kappa shape index (κ2) is 4.96. The van der Waals surface area contributed by atoms with E-state index < -0.39 is 5.82 Å². The Bertz CT molecular complexity index is 464. The zero-order valence-corrected chi connectivity index (χ0v) is 10.6. The molecular weight excluding hydrogens is 289 g/mol. The van der Waals surface area contributed by atoms with Gasteiger partial charge >= 0.3 is 0 Å². The smallest absolute Gasteiger partial charge is 0.256 e. The fourth-order valence-electron chi connectivity index (χ4n) is 1.78. The minimum Gasteiger partial charge on any atom is -0.337 e. The van der Waals surface area contributed by atoms with Crippen molar-refractivity contribution in [2.24, 2.45) is 0 Å². The molecule has 0 spiro atoms. The Kier molecular flexibility index (Phi) is 3.57. The van der Waals surface area contributed by atoms with Gasteiger partial charge in [0.25, 0.3) is 5.91 Å². The molecule has 1 aromatic carbocycles. The summed E-state index contributed by atoms with van der Waals surface area (Å²) in [5.41, 5.74) is 0.0570. The van der Waals surface area contributed by atoms with Crippen LogP contribution in [0.4, 0.5) is 4.39 Å². The molecule has 0 N–H and O–H groups in total. The van der Waals surface area contributed by atoms with E-state index in [1.807, 2.05) is 0 Å². The van der Waals surface area contributed by atoms with Gasteiger partial charge < -0.3 is 4.90 Å². The number of rotatable bonds is 1. The number of amides is 1. The molecular formula is C12H11BrFNO2. The SMILES string of the molecule is O=C1CCN(C(=O)c2ccccc2F)CC1Br. The third kappa shape index (κ3) is 2.54. The molecule has 1 aliphatic rings. The minimum absolute atomic E-state index is 0.0570. The van der Waals surface area contributed by atoms with Gasteiger partial charge in [0.05, 0.1) is 10.4 Å². The molecule has 1 amide bonds. The highest BCUT2D eigenvalue weighted by atomic mass is 79.9. The van der Waals surface area contributed by atoms with Crippen LogP contribution in [0.3, 0.4) is 0 Å². The lowest BCUT2D eigenvalue weighted by Gasteiger charge is -2.29. The number of hydrogen-bond donors (Lipinski definition) is 0. The van der Waals surface area contributed by atoms with E-state index in [1.165, 1.54) is 17.0 Å². The molecule has 1 saturated heterocycles. The van der Waals surface area contributed by atoms with Gasteiger partial charge in [-0.1, -0.05) is 28.1 Å². The molecule has 0 aliphatic carbocycles. The third-order valence-corrected chi connectivity index (χ3v) is 3.55. The van der Waals surface area contributed by atoms with Crippen molar-refractivity contribution in [1.29, 1.82) is 0 Å². The Hall–Kier alpha value is -1.23. The average Bonchev–Trinajstić information content (AvgIpc) is 2.32. The maximum absolute atomic E-state index is 13.4. The number of Topliss-reactive ketones (excluding diaryl/α,β-unsaturated/α-hetero) is 1. The minimum atomic E-state index is -0.527. The summed E-state index contributed by atoms with van der Waals surface area (Å²) < 4.78 is 13.4. The van der Waals surface area contributed by atoms with Crippen molar-refractivity contribution < 1.29 is 14.0 Å². The van der Waals surface area contributed by atoms with Crippen LogP contribution in [0, 0.1) is 5.82 Å². The van der Waals surface area contributed by atoms with Crippen molar-refractivity contribution in [3.8, 4) is 0 Å². The van der Waals surface area contributed by atoms with Crippen molar-refractivity contribution in [3.63, 3.8) is 0 Å². The normalized spacial score (nSPS) is 20.5. The number of hydrogen-bond acceptors (Lipinski definition) is 2. The number of likely N-dealkylation sites (tertiary alicyclic amines) is 1. The number of carbonyl (C=O) groups excluding carboxylic acids is 2. The van der Waals surface area contributed by atoms with Gasteiger partial charge in [-0.3, -0.25) is 9.59 Å². The van der Waals surface area contributed by atoms with E-state index in [1.54, 1.807) is 12.1 Å². The van der Waals surface area contributed by atoms with Crippen molar-refractivity contribution in [2.45, 2.75) is 11.2 Å². The van der Waals surface area contributed by atoms with Crippen LogP contribution in [0.25, 0.3) is 0 Å². The Morgan fingerprint density at radius 3 is 2.76 bits per heavy atom. The first kappa shape index (κ1) is 12.2. The Morgan fingerprint density at radius 2 is 2.12 bits per heavy atom. The van der Waals surface area contributed by atoms with Crippen LogP contribution in [0.5, 0.6) is 0 Å². The highest BCUT2D eigenvalue weighted by Crippen LogP contribution is 2.17. The Labute approximate surface area is 107 Å². The van der Waals surface area contributed by atoms with Crippen LogP contribution in [-0.2, 0) is 4.79 Å². The topological polar surface area (TPSA) is 37.4 Å². The van der Waals surface area contributed by atoms with E-state index in [0.717, 1.165) is 0 Å². The first-order chi connectivity index (χ1) is 8.09. The largest absolute Gasteiger partial charge is 0.337 e. The predicted octanol–water partition coefficient (Wildman–Crippen LogP) is 2.00. The molecule has 1 atom stereocenters. The lowest BCUT2D eigenvalue weighted by atomic mass is 10.1. The Balaban J connectivity index is 2.16. The summed E-state index contributed by atoms with van der Waals surface area (Å²) in [6.45, 7) is 0.653. The van der Waals surface area contributed by atoms with Crippen molar-refractivity contribution >= 4 is 27.6 Å². The molecule has 0 radical (unpaired) electrons. The first-order valence-electron chi connectivity index (χ1n) is 5.30. The molecule has 90 valence electrons. The molecule has 3 nitrogen and oxygen atoms in total. The van der Waals surface area contributed by atoms with Gasteiger partial charge in [-0.15, -0.1) is 0 Å². The molecule has 1 unspecified atom stereocenters. The second-order valence-corrected chi connectivity index (χ2v) is 5.02. The molecule has 17 heavy (non-hydrogen) atoms. The average molecular weight is 300 g/mol. The monoisotopic (exact) mass is 299 g/mol. The van der Waals surface area contributed by atoms with Gasteiger partial charge in [-0.05, 0) is 12.1 Å². The number of piperidine rings is 1. The predicted molar refractivity (Wildman–Crippen MR) is 64.6 cm³/mol. The van der Waals surface area contributed by atoms with Crippen molar-refractivity contribution in [2.75, 3.05) is 13.1 Å². The van der Waals surface area contributed by atoms with Gasteiger partial charge in [-0.25, -0.2) is 4.39 Å². The number of nitrogens with zero attached hydrogens (tertiary/aromatic N) is 1. The van der Waals surface area contributed by atoms with Crippen LogP contribution in [0.1, 0.15) is 16.8 Å². The zero-order chi connectivity index (χ0) is 12.4. The van der Waals surface area contributed by atoms with Crippen LogP contribution in [-0.4, -0.2) is 34.5 Å². The van der Waals surface area contributed by atoms with Crippen LogP contribution in [0.15, 0.2) is 24.3 Å². The Morgan fingerprint density at radius 1 is 1.41 bits per heavy atom. The van der Waals surface area contributed by atoms with Crippen molar-refractivity contribution in [1.82, 2.24) is 4.90 Å². The molecule has 2 rings (SSSR count). The fourth-order valence-corrected chi connectivity index (χ4v) is 2.36. The summed E-state index contributed by atoms with van der Waals surface area (Å²) in [4.78, 5) is 24.5. The van der Waals surface area contributed by atoms with Gasteiger partial charge in [0.2, 0.25) is 0 Å². The van der Waals surface area contributed by atoms with Crippen LogP contribution >= 0.6 is 15.9 Å². The van der Waals surface area contributed by atoms with E-state index in [9.17, 15) is 14.0 Å². The summed E-state index contributed by atoms with van der Waals surface area (Å²) >= 11 is 3.22. The molecule has 1 fully saturated rings. The number of alkyl halides is 1. The van der Waals surface area contributed by atoms with Gasteiger partial charge in [0.15, 0.2) is 0 Å². The van der Waals surface area contributed by atoms with E-state index >= 15 is 0 Å². The lowest BCUT2D eigenvalue weighted by Crippen LogP contribution is -2.44. The van der Waals surface area contributed by atoms with Gasteiger partial charge in [0, 0.05) is 19.5 Å². The summed E-state index contributed by atoms with van der Waals surface area (Å²) in [5.74, 6) is -0.803. The molecule has 1 aliphatic heterocycles. The van der Waals surface area contributed by atoms with Gasteiger partial charge in [-0.2, -0.15) is 0 Å². The summed E-state index contributed by atoms with van der Waals surface area (Å²) in [7, 11) is 0. The number of ketones is 1. The number of halogens is 2. The second-order valence-electron chi connectivity index (χ2n) is 3.91. The van der Waals surface area contributed by atoms with Gasteiger partial charge in [0.1, 0.15) is 11.6 Å². The van der Waals surface area contributed by atoms with E-state index in [2.05, 4.69) is 15.9 Å². The maximum Gasteiger partial charge on any atom is 0.256 e. The molecule has 0 bridgehead atoms. The van der Waals surface area contributed by atoms with Crippen molar-refractivity contribution in [3.05, 3.63) is 35.6 Å². The van der Waals surface area contributed by atoms with E-state index in [0.29, 0.717) is 19.5 Å². The maximum atomic E-state index is 13.4. The highest BCUT2D eigenvalue weighted by Gasteiger charge is 2.29. The molecule has 5 heteroatoms. The van der Waals surface area contributed by atoms with E-state index in [-0.39, 0.29) is 22.1 Å². The number of benzene rings is 1. The zero-order valence-electron chi connectivity index (χ0n) is 9.03. The standard InChI is InChI=1S/C12H11BrFNO2/c13-9-7-15(6-5-11(9)16)12(17)8-3-1-2-4-10(8)14/h1-4,9H,5-7H2. The molecule has 0 saturated carbocycles.